The molecule has 11 nitrogen and oxygen atoms in total. The maximum atomic E-state index is 14.3. The molecule has 3 fully saturated rings. The predicted octanol–water partition coefficient (Wildman–Crippen LogP) is 2.68. The van der Waals surface area contributed by atoms with Crippen molar-refractivity contribution in [3.05, 3.63) is 24.0 Å². The lowest BCUT2D eigenvalue weighted by molar-refractivity contribution is 0.108. The molecule has 4 N–H and O–H groups in total. The molecule has 0 atom stereocenters. The van der Waals surface area contributed by atoms with Crippen molar-refractivity contribution >= 4 is 34.0 Å². The smallest absolute Gasteiger partial charge is 0.319 e. The normalized spacial score (nSPS) is 19.4. The number of halogens is 1. The van der Waals surface area contributed by atoms with Gasteiger partial charge in [-0.2, -0.15) is 15.0 Å². The number of aromatic nitrogens is 4. The Morgan fingerprint density at radius 1 is 1.03 bits per heavy atom. The van der Waals surface area contributed by atoms with E-state index in [2.05, 4.69) is 25.1 Å². The molecule has 0 aliphatic carbocycles. The maximum absolute atomic E-state index is 14.3. The summed E-state index contributed by atoms with van der Waals surface area (Å²) in [5.41, 5.74) is 7.64. The van der Waals surface area contributed by atoms with E-state index in [1.54, 1.807) is 6.07 Å². The summed E-state index contributed by atoms with van der Waals surface area (Å²) in [6, 6.07) is 4.61. The Bertz CT molecular complexity index is 1530. The third-order valence-electron chi connectivity index (χ3n) is 8.11. The second kappa shape index (κ2) is 8.91. The summed E-state index contributed by atoms with van der Waals surface area (Å²) in [5.74, 6) is -0.213. The zero-order chi connectivity index (χ0) is 25.9. The summed E-state index contributed by atoms with van der Waals surface area (Å²) in [4.78, 5) is 22.8. The zero-order valence-corrected chi connectivity index (χ0v) is 20.9. The van der Waals surface area contributed by atoms with E-state index in [1.165, 1.54) is 25.0 Å². The monoisotopic (exact) mass is 520 g/mol. The van der Waals surface area contributed by atoms with Gasteiger partial charge in [0.2, 0.25) is 5.88 Å². The molecule has 0 saturated carbocycles. The number of piperazine rings is 1. The highest BCUT2D eigenvalue weighted by Crippen LogP contribution is 2.40. The molecule has 3 aliphatic rings. The second-order valence-electron chi connectivity index (χ2n) is 10.3. The molecule has 0 radical (unpaired) electrons. The predicted molar refractivity (Wildman–Crippen MR) is 140 cm³/mol. The number of ether oxygens (including phenoxy) is 1. The average molecular weight is 521 g/mol. The number of hydrogen-bond donors (Lipinski definition) is 3. The standard InChI is InChI=1S/C26H29FN8O3/c27-17-4-3-15(19-21(17)38-24(28)32-19)16-13-18-20(31-23(16)36)22(34-11-7-29-8-12-34)33-25(30-18)37-14-26-5-1-9-35(26)10-2-6-26/h3-4,13,29H,1-2,5-12,14H2,(H2,28,32)(H,31,36). The SMILES string of the molecule is Nc1nc2c(-c3cc4nc(OCC56CCCN5CCC6)nc(N5CCNCC5)c4nc3O)ccc(F)c2o1. The van der Waals surface area contributed by atoms with Crippen molar-refractivity contribution in [2.24, 2.45) is 0 Å². The first-order valence-corrected chi connectivity index (χ1v) is 13.1. The highest BCUT2D eigenvalue weighted by atomic mass is 19.1. The van der Waals surface area contributed by atoms with Crippen LogP contribution in [-0.2, 0) is 0 Å². The first-order valence-electron chi connectivity index (χ1n) is 13.1. The minimum Gasteiger partial charge on any atom is -0.493 e. The summed E-state index contributed by atoms with van der Waals surface area (Å²) in [5, 5.41) is 14.4. The van der Waals surface area contributed by atoms with Gasteiger partial charge in [0, 0.05) is 37.3 Å². The van der Waals surface area contributed by atoms with Crippen LogP contribution >= 0.6 is 0 Å². The molecule has 6 heterocycles. The highest BCUT2D eigenvalue weighted by Gasteiger charge is 2.45. The minimum atomic E-state index is -0.590. The van der Waals surface area contributed by atoms with Crippen molar-refractivity contribution in [1.29, 1.82) is 0 Å². The number of nitrogens with two attached hydrogens (primary N) is 1. The van der Waals surface area contributed by atoms with Crippen molar-refractivity contribution in [2.75, 3.05) is 56.5 Å². The van der Waals surface area contributed by atoms with Crippen molar-refractivity contribution in [1.82, 2.24) is 30.2 Å². The number of nitrogens with one attached hydrogen (secondary N) is 1. The summed E-state index contributed by atoms with van der Waals surface area (Å²) in [7, 11) is 0. The van der Waals surface area contributed by atoms with Gasteiger partial charge in [-0.25, -0.2) is 9.37 Å². The van der Waals surface area contributed by atoms with Crippen LogP contribution < -0.4 is 20.7 Å². The molecular formula is C26H29FN8O3. The van der Waals surface area contributed by atoms with Crippen LogP contribution in [0, 0.1) is 5.82 Å². The number of anilines is 2. The third-order valence-corrected chi connectivity index (χ3v) is 8.11. The van der Waals surface area contributed by atoms with Crippen LogP contribution in [0.25, 0.3) is 33.3 Å². The molecule has 0 bridgehead atoms. The second-order valence-corrected chi connectivity index (χ2v) is 10.3. The molecule has 3 aromatic heterocycles. The van der Waals surface area contributed by atoms with Gasteiger partial charge >= 0.3 is 6.01 Å². The number of nitrogens with zero attached hydrogens (tertiary/aromatic N) is 6. The lowest BCUT2D eigenvalue weighted by atomic mass is 9.95. The first kappa shape index (κ1) is 23.4. The van der Waals surface area contributed by atoms with Crippen LogP contribution in [0.1, 0.15) is 25.7 Å². The molecule has 0 amide bonds. The summed E-state index contributed by atoms with van der Waals surface area (Å²) >= 11 is 0. The number of fused-ring (bicyclic) bond motifs is 3. The van der Waals surface area contributed by atoms with E-state index < -0.39 is 5.82 Å². The van der Waals surface area contributed by atoms with E-state index in [9.17, 15) is 9.50 Å². The maximum Gasteiger partial charge on any atom is 0.319 e. The van der Waals surface area contributed by atoms with Gasteiger partial charge in [-0.15, -0.1) is 0 Å². The Morgan fingerprint density at radius 2 is 1.82 bits per heavy atom. The molecule has 3 aliphatic heterocycles. The van der Waals surface area contributed by atoms with Crippen LogP contribution in [0.2, 0.25) is 0 Å². The van der Waals surface area contributed by atoms with Gasteiger partial charge in [-0.3, -0.25) is 4.90 Å². The summed E-state index contributed by atoms with van der Waals surface area (Å²) in [6.07, 6.45) is 4.59. The summed E-state index contributed by atoms with van der Waals surface area (Å²) in [6.45, 7) is 5.86. The third kappa shape index (κ3) is 3.78. The van der Waals surface area contributed by atoms with Crippen LogP contribution in [0.5, 0.6) is 11.9 Å². The molecule has 0 spiro atoms. The Balaban J connectivity index is 1.34. The van der Waals surface area contributed by atoms with E-state index in [1.807, 2.05) is 0 Å². The van der Waals surface area contributed by atoms with Gasteiger partial charge in [-0.05, 0) is 57.0 Å². The van der Waals surface area contributed by atoms with E-state index in [4.69, 9.17) is 24.9 Å². The number of hydrogen-bond acceptors (Lipinski definition) is 11. The fourth-order valence-electron chi connectivity index (χ4n) is 6.24. The minimum absolute atomic E-state index is 0.0541. The van der Waals surface area contributed by atoms with Gasteiger partial charge in [-0.1, -0.05) is 0 Å². The van der Waals surface area contributed by atoms with E-state index >= 15 is 0 Å². The number of nitrogen functional groups attached to an aromatic ring is 1. The Hall–Kier alpha value is -3.77. The van der Waals surface area contributed by atoms with Crippen molar-refractivity contribution < 1.29 is 18.7 Å². The molecule has 4 aromatic rings. The average Bonchev–Trinajstić information content (AvgIpc) is 3.62. The van der Waals surface area contributed by atoms with Crippen LogP contribution in [0.15, 0.2) is 22.6 Å². The molecule has 0 unspecified atom stereocenters. The number of aromatic hydroxyl groups is 1. The molecule has 38 heavy (non-hydrogen) atoms. The van der Waals surface area contributed by atoms with Gasteiger partial charge in [0.25, 0.3) is 6.01 Å². The molecule has 3 saturated heterocycles. The van der Waals surface area contributed by atoms with E-state index in [-0.39, 0.29) is 34.5 Å². The fraction of sp³-hybridized carbons (Fsp3) is 0.462. The van der Waals surface area contributed by atoms with Crippen LogP contribution in [0.4, 0.5) is 16.2 Å². The first-order chi connectivity index (χ1) is 18.5. The van der Waals surface area contributed by atoms with Gasteiger partial charge in [0.05, 0.1) is 11.1 Å². The Morgan fingerprint density at radius 3 is 2.61 bits per heavy atom. The Kier molecular flexibility index (Phi) is 5.48. The molecular weight excluding hydrogens is 491 g/mol. The van der Waals surface area contributed by atoms with Crippen LogP contribution in [-0.4, -0.2) is 81.4 Å². The van der Waals surface area contributed by atoms with E-state index in [0.717, 1.165) is 52.1 Å². The van der Waals surface area contributed by atoms with Gasteiger partial charge in [0.15, 0.2) is 17.2 Å². The number of oxazole rings is 1. The number of benzene rings is 1. The fourth-order valence-corrected chi connectivity index (χ4v) is 6.24. The number of pyridine rings is 1. The lowest BCUT2D eigenvalue weighted by Gasteiger charge is -2.32. The molecule has 7 rings (SSSR count). The largest absolute Gasteiger partial charge is 0.493 e. The van der Waals surface area contributed by atoms with E-state index in [0.29, 0.717) is 34.6 Å². The van der Waals surface area contributed by atoms with Crippen molar-refractivity contribution in [2.45, 2.75) is 31.2 Å². The lowest BCUT2D eigenvalue weighted by Crippen LogP contribution is -2.44. The molecule has 1 aromatic carbocycles. The van der Waals surface area contributed by atoms with Gasteiger partial charge in [0.1, 0.15) is 17.6 Å². The van der Waals surface area contributed by atoms with Crippen molar-refractivity contribution in [3.63, 3.8) is 0 Å². The Labute approximate surface area is 217 Å². The quantitative estimate of drug-likeness (QED) is 0.358. The van der Waals surface area contributed by atoms with Gasteiger partial charge < -0.3 is 30.2 Å². The highest BCUT2D eigenvalue weighted by molar-refractivity contribution is 5.97. The molecule has 198 valence electrons. The topological polar surface area (TPSA) is 139 Å². The number of rotatable bonds is 5. The van der Waals surface area contributed by atoms with Crippen LogP contribution in [0.3, 0.4) is 0 Å². The zero-order valence-electron chi connectivity index (χ0n) is 20.9. The van der Waals surface area contributed by atoms with Crippen molar-refractivity contribution in [3.8, 4) is 23.0 Å². The summed E-state index contributed by atoms with van der Waals surface area (Å²) < 4.78 is 25.9. The molecule has 12 heteroatoms.